The normalized spacial score (nSPS) is 10.2. The van der Waals surface area contributed by atoms with Crippen LogP contribution in [0.25, 0.3) is 0 Å². The molecular weight excluding hydrogens is 259 g/mol. The molecule has 0 aliphatic heterocycles. The van der Waals surface area contributed by atoms with Gasteiger partial charge in [0.15, 0.2) is 11.6 Å². The molecule has 2 aromatic rings. The van der Waals surface area contributed by atoms with E-state index in [1.165, 1.54) is 13.2 Å². The Kier molecular flexibility index (Phi) is 4.34. The maximum absolute atomic E-state index is 13.6. The van der Waals surface area contributed by atoms with Crippen molar-refractivity contribution in [2.75, 3.05) is 24.3 Å². The van der Waals surface area contributed by atoms with Gasteiger partial charge in [-0.3, -0.25) is 0 Å². The molecule has 1 aromatic heterocycles. The summed E-state index contributed by atoms with van der Waals surface area (Å²) in [5, 5.41) is 6.11. The van der Waals surface area contributed by atoms with Gasteiger partial charge in [-0.15, -0.1) is 0 Å². The van der Waals surface area contributed by atoms with Crippen molar-refractivity contribution >= 4 is 17.5 Å². The summed E-state index contributed by atoms with van der Waals surface area (Å²) in [5.74, 6) is 0.967. The Morgan fingerprint density at radius 2 is 2.15 bits per heavy atom. The molecule has 0 aliphatic rings. The molecule has 106 valence electrons. The number of rotatable bonds is 5. The lowest BCUT2D eigenvalue weighted by Gasteiger charge is -2.11. The predicted molar refractivity (Wildman–Crippen MR) is 77.2 cm³/mol. The number of aromatic nitrogens is 2. The van der Waals surface area contributed by atoms with Crippen molar-refractivity contribution in [1.82, 2.24) is 9.97 Å². The quantitative estimate of drug-likeness (QED) is 0.878. The maximum Gasteiger partial charge on any atom is 0.224 e. The molecule has 2 rings (SSSR count). The third-order valence-electron chi connectivity index (χ3n) is 2.72. The van der Waals surface area contributed by atoms with Crippen LogP contribution >= 0.6 is 0 Å². The van der Waals surface area contributed by atoms with Crippen molar-refractivity contribution in [3.05, 3.63) is 35.8 Å². The van der Waals surface area contributed by atoms with Crippen LogP contribution in [0.1, 0.15) is 12.5 Å². The summed E-state index contributed by atoms with van der Waals surface area (Å²) in [6.45, 7) is 4.59. The average molecular weight is 276 g/mol. The lowest BCUT2D eigenvalue weighted by Crippen LogP contribution is -2.05. The van der Waals surface area contributed by atoms with E-state index in [4.69, 9.17) is 4.74 Å². The van der Waals surface area contributed by atoms with Crippen LogP contribution in [0.5, 0.6) is 5.75 Å². The zero-order valence-electron chi connectivity index (χ0n) is 11.7. The number of aryl methyl sites for hydroxylation is 1. The number of benzene rings is 1. The lowest BCUT2D eigenvalue weighted by atomic mass is 10.2. The minimum absolute atomic E-state index is 0.211. The Morgan fingerprint density at radius 1 is 1.35 bits per heavy atom. The summed E-state index contributed by atoms with van der Waals surface area (Å²) >= 11 is 0. The van der Waals surface area contributed by atoms with E-state index in [0.29, 0.717) is 17.5 Å². The van der Waals surface area contributed by atoms with E-state index in [1.807, 2.05) is 13.8 Å². The first-order valence-electron chi connectivity index (χ1n) is 6.32. The molecule has 6 heteroatoms. The van der Waals surface area contributed by atoms with Crippen molar-refractivity contribution in [3.63, 3.8) is 0 Å². The first kappa shape index (κ1) is 14.0. The zero-order valence-corrected chi connectivity index (χ0v) is 11.7. The molecule has 2 N–H and O–H groups in total. The largest absolute Gasteiger partial charge is 0.494 e. The van der Waals surface area contributed by atoms with Crippen molar-refractivity contribution in [3.8, 4) is 5.75 Å². The Labute approximate surface area is 117 Å². The van der Waals surface area contributed by atoms with Gasteiger partial charge in [0, 0.05) is 30.1 Å². The molecule has 0 atom stereocenters. The van der Waals surface area contributed by atoms with Gasteiger partial charge in [0.1, 0.15) is 5.82 Å². The number of ether oxygens (including phenoxy) is 1. The topological polar surface area (TPSA) is 59.1 Å². The Bertz CT molecular complexity index is 604. The number of anilines is 3. The molecule has 0 saturated carbocycles. The second-order valence-electron chi connectivity index (χ2n) is 4.23. The zero-order chi connectivity index (χ0) is 14.5. The van der Waals surface area contributed by atoms with Crippen molar-refractivity contribution < 1.29 is 9.13 Å². The number of hydrogen-bond donors (Lipinski definition) is 2. The van der Waals surface area contributed by atoms with Crippen molar-refractivity contribution in [2.24, 2.45) is 0 Å². The van der Waals surface area contributed by atoms with Gasteiger partial charge >= 0.3 is 0 Å². The highest BCUT2D eigenvalue weighted by Crippen LogP contribution is 2.24. The van der Waals surface area contributed by atoms with Crippen molar-refractivity contribution in [1.29, 1.82) is 0 Å². The summed E-state index contributed by atoms with van der Waals surface area (Å²) in [7, 11) is 1.43. The van der Waals surface area contributed by atoms with Crippen LogP contribution < -0.4 is 15.4 Å². The van der Waals surface area contributed by atoms with E-state index in [-0.39, 0.29) is 5.75 Å². The minimum atomic E-state index is -0.420. The van der Waals surface area contributed by atoms with E-state index in [0.717, 1.165) is 12.1 Å². The predicted octanol–water partition coefficient (Wildman–Crippen LogP) is 3.11. The monoisotopic (exact) mass is 276 g/mol. The number of hydrogen-bond acceptors (Lipinski definition) is 5. The van der Waals surface area contributed by atoms with Crippen LogP contribution in [-0.2, 0) is 0 Å². The highest BCUT2D eigenvalue weighted by Gasteiger charge is 2.07. The van der Waals surface area contributed by atoms with Crippen LogP contribution in [0.15, 0.2) is 24.4 Å². The number of methoxy groups -OCH3 is 1. The molecule has 0 radical (unpaired) electrons. The average Bonchev–Trinajstić information content (AvgIpc) is 2.43. The summed E-state index contributed by atoms with van der Waals surface area (Å²) in [4.78, 5) is 8.50. The smallest absolute Gasteiger partial charge is 0.224 e. The van der Waals surface area contributed by atoms with Gasteiger partial charge < -0.3 is 15.4 Å². The van der Waals surface area contributed by atoms with E-state index in [2.05, 4.69) is 20.6 Å². The number of nitrogens with zero attached hydrogens (tertiary/aromatic N) is 2. The fourth-order valence-corrected chi connectivity index (χ4v) is 1.69. The van der Waals surface area contributed by atoms with Crippen LogP contribution in [0.2, 0.25) is 0 Å². The highest BCUT2D eigenvalue weighted by atomic mass is 19.1. The van der Waals surface area contributed by atoms with Gasteiger partial charge in [-0.2, -0.15) is 4.98 Å². The van der Waals surface area contributed by atoms with Gasteiger partial charge in [-0.1, -0.05) is 0 Å². The molecule has 0 amide bonds. The highest BCUT2D eigenvalue weighted by molar-refractivity contribution is 5.61. The van der Waals surface area contributed by atoms with Crippen LogP contribution in [-0.4, -0.2) is 23.6 Å². The first-order valence-corrected chi connectivity index (χ1v) is 6.32. The summed E-state index contributed by atoms with van der Waals surface area (Å²) in [6, 6.07) is 4.67. The molecule has 1 aromatic carbocycles. The first-order chi connectivity index (χ1) is 9.63. The molecule has 0 spiro atoms. The third kappa shape index (κ3) is 3.14. The molecule has 0 bridgehead atoms. The van der Waals surface area contributed by atoms with E-state index < -0.39 is 5.82 Å². The van der Waals surface area contributed by atoms with Gasteiger partial charge in [-0.05, 0) is 26.0 Å². The molecule has 5 nitrogen and oxygen atoms in total. The van der Waals surface area contributed by atoms with Gasteiger partial charge in [0.05, 0.1) is 7.11 Å². The molecule has 0 fully saturated rings. The van der Waals surface area contributed by atoms with Crippen LogP contribution in [0, 0.1) is 12.7 Å². The summed E-state index contributed by atoms with van der Waals surface area (Å²) < 4.78 is 18.5. The minimum Gasteiger partial charge on any atom is -0.494 e. The number of nitrogens with one attached hydrogen (secondary N) is 2. The second kappa shape index (κ2) is 6.18. The Morgan fingerprint density at radius 3 is 2.80 bits per heavy atom. The SMILES string of the molecule is CCNc1ncc(C)c(Nc2ccc(OC)c(F)c2)n1. The number of halogens is 1. The maximum atomic E-state index is 13.6. The molecule has 0 unspecified atom stereocenters. The summed E-state index contributed by atoms with van der Waals surface area (Å²) in [5.41, 5.74) is 1.48. The molecule has 0 aliphatic carbocycles. The van der Waals surface area contributed by atoms with E-state index >= 15 is 0 Å². The molecule has 0 saturated heterocycles. The van der Waals surface area contributed by atoms with Gasteiger partial charge in [0.2, 0.25) is 5.95 Å². The van der Waals surface area contributed by atoms with E-state index in [9.17, 15) is 4.39 Å². The van der Waals surface area contributed by atoms with Gasteiger partial charge in [0.25, 0.3) is 0 Å². The van der Waals surface area contributed by atoms with Crippen LogP contribution in [0.4, 0.5) is 21.8 Å². The Hall–Kier alpha value is -2.37. The lowest BCUT2D eigenvalue weighted by molar-refractivity contribution is 0.386. The standard InChI is InChI=1S/C14H17FN4O/c1-4-16-14-17-8-9(2)13(19-14)18-10-5-6-12(20-3)11(15)7-10/h5-8H,4H2,1-3H3,(H2,16,17,18,19). The third-order valence-corrected chi connectivity index (χ3v) is 2.72. The Balaban J connectivity index is 2.24. The van der Waals surface area contributed by atoms with Gasteiger partial charge in [-0.25, -0.2) is 9.37 Å². The molecule has 20 heavy (non-hydrogen) atoms. The fraction of sp³-hybridized carbons (Fsp3) is 0.286. The van der Waals surface area contributed by atoms with E-state index in [1.54, 1.807) is 18.3 Å². The second-order valence-corrected chi connectivity index (χ2v) is 4.23. The van der Waals surface area contributed by atoms with Crippen LogP contribution in [0.3, 0.4) is 0 Å². The van der Waals surface area contributed by atoms with Crippen molar-refractivity contribution in [2.45, 2.75) is 13.8 Å². The summed E-state index contributed by atoms with van der Waals surface area (Å²) in [6.07, 6.45) is 1.72. The molecular formula is C14H17FN4O. The molecule has 1 heterocycles. The fourth-order valence-electron chi connectivity index (χ4n) is 1.69.